The van der Waals surface area contributed by atoms with E-state index in [9.17, 15) is 31.8 Å². The van der Waals surface area contributed by atoms with Crippen LogP contribution in [-0.4, -0.2) is 82.5 Å². The van der Waals surface area contributed by atoms with E-state index in [4.69, 9.17) is 10.5 Å². The molecule has 0 aliphatic rings. The maximum absolute atomic E-state index is 12.5. The Bertz CT molecular complexity index is 2660. The molecule has 2 heterocycles. The largest absolute Gasteiger partial charge is 0.387 e. The van der Waals surface area contributed by atoms with Gasteiger partial charge in [-0.3, -0.25) is 14.2 Å². The highest BCUT2D eigenvalue weighted by molar-refractivity contribution is 14.1. The highest BCUT2D eigenvalue weighted by Crippen LogP contribution is 2.22. The fraction of sp³-hybridized carbons (Fsp3) is 0.326. The molecule has 2 aromatic heterocycles. The third-order valence-corrected chi connectivity index (χ3v) is 13.5. The third-order valence-electron chi connectivity index (χ3n) is 9.57. The Hall–Kier alpha value is -4.27. The van der Waals surface area contributed by atoms with E-state index in [1.54, 1.807) is 67.6 Å². The van der Waals surface area contributed by atoms with Gasteiger partial charge in [-0.2, -0.15) is 0 Å². The molecule has 0 radical (unpaired) electrons. The molecule has 0 aliphatic heterocycles. The predicted octanol–water partition coefficient (Wildman–Crippen LogP) is 7.42. The van der Waals surface area contributed by atoms with Crippen LogP contribution >= 0.6 is 45.2 Å². The summed E-state index contributed by atoms with van der Waals surface area (Å²) < 4.78 is 65.5. The topological polar surface area (TPSA) is 233 Å². The van der Waals surface area contributed by atoms with E-state index in [0.29, 0.717) is 17.8 Å². The number of carbonyl (C=O) groups excluding carboxylic acids is 1. The van der Waals surface area contributed by atoms with E-state index in [1.807, 2.05) is 43.5 Å². The lowest BCUT2D eigenvalue weighted by Crippen LogP contribution is -2.42. The summed E-state index contributed by atoms with van der Waals surface area (Å²) >= 11 is 4.38. The molecule has 7 N–H and O–H groups in total. The number of hydrogen-bond acceptors (Lipinski definition) is 12. The van der Waals surface area contributed by atoms with Crippen LogP contribution in [0.5, 0.6) is 0 Å². The fourth-order valence-corrected chi connectivity index (χ4v) is 8.97. The first-order valence-corrected chi connectivity index (χ1v) is 25.9. The normalized spacial score (nSPS) is 12.8. The Kier molecular flexibility index (Phi) is 20.7. The summed E-state index contributed by atoms with van der Waals surface area (Å²) in [4.78, 5) is 20.6. The second-order valence-electron chi connectivity index (χ2n) is 16.4. The number of Topliss-reactive ketones (excluding diaryl/α,β-unsaturated/α-hetero) is 1. The van der Waals surface area contributed by atoms with Gasteiger partial charge in [0.25, 0.3) is 20.0 Å². The first kappa shape index (κ1) is 54.3. The van der Waals surface area contributed by atoms with Gasteiger partial charge in [0.05, 0.1) is 28.5 Å². The van der Waals surface area contributed by atoms with Crippen LogP contribution in [0.1, 0.15) is 69.5 Å². The van der Waals surface area contributed by atoms with Gasteiger partial charge in [-0.05, 0) is 147 Å². The number of nitrogens with zero attached hydrogens (tertiary/aromatic N) is 4. The van der Waals surface area contributed by atoms with Gasteiger partial charge in [-0.1, -0.05) is 60.7 Å². The number of carbonyl (C=O) groups is 1. The average Bonchev–Trinajstić information content (AvgIpc) is 3.91. The number of halogens is 2. The number of sulfonamides is 2. The van der Waals surface area contributed by atoms with Crippen molar-refractivity contribution < 1.29 is 36.6 Å². The first-order chi connectivity index (χ1) is 31.1. The number of aliphatic hydroxyl groups is 2. The summed E-state index contributed by atoms with van der Waals surface area (Å²) in [6.45, 7) is 12.2. The van der Waals surface area contributed by atoms with Crippen molar-refractivity contribution in [1.82, 2.24) is 24.4 Å². The Labute approximate surface area is 415 Å². The van der Waals surface area contributed by atoms with Gasteiger partial charge in [0.2, 0.25) is 12.1 Å². The number of ether oxygens (including phenoxy) is 1. The lowest BCUT2D eigenvalue weighted by Gasteiger charge is -2.28. The lowest BCUT2D eigenvalue weighted by molar-refractivity contribution is -0.0674. The van der Waals surface area contributed by atoms with Gasteiger partial charge in [0.1, 0.15) is 7.40 Å². The number of ketones is 1. The van der Waals surface area contributed by atoms with E-state index in [2.05, 4.69) is 88.3 Å². The zero-order chi connectivity index (χ0) is 48.5. The molecule has 66 heavy (non-hydrogen) atoms. The van der Waals surface area contributed by atoms with Crippen molar-refractivity contribution in [3.8, 4) is 0 Å². The van der Waals surface area contributed by atoms with E-state index in [0.717, 1.165) is 33.3 Å². The molecule has 6 aromatic rings. The Balaban J connectivity index is 0.000000238. The quantitative estimate of drug-likeness (QED) is 0.0249. The number of rotatable bonds is 20. The molecule has 0 fully saturated rings. The van der Waals surface area contributed by atoms with Crippen molar-refractivity contribution in [1.29, 1.82) is 0 Å². The molecule has 0 saturated carbocycles. The van der Waals surface area contributed by atoms with Crippen LogP contribution < -0.4 is 20.5 Å². The van der Waals surface area contributed by atoms with Crippen LogP contribution in [0.15, 0.2) is 144 Å². The monoisotopic (exact) mass is 1170 g/mol. The number of aryl methyl sites for hydroxylation is 2. The maximum Gasteiger partial charge on any atom is 0.261 e. The van der Waals surface area contributed by atoms with E-state index < -0.39 is 38.2 Å². The summed E-state index contributed by atoms with van der Waals surface area (Å²) in [7, 11) is -7.42. The Morgan fingerprint density at radius 1 is 0.727 bits per heavy atom. The minimum Gasteiger partial charge on any atom is -0.387 e. The molecule has 0 spiro atoms. The molecule has 0 amide bonds. The van der Waals surface area contributed by atoms with Crippen LogP contribution in [0.3, 0.4) is 0 Å². The van der Waals surface area contributed by atoms with Crippen molar-refractivity contribution in [2.45, 2.75) is 93.8 Å². The second-order valence-corrected chi connectivity index (χ2v) is 21.9. The number of nitrogens with one attached hydrogen (secondary N) is 3. The van der Waals surface area contributed by atoms with Gasteiger partial charge in [-0.25, -0.2) is 26.8 Å². The summed E-state index contributed by atoms with van der Waals surface area (Å²) in [5.41, 5.74) is 7.00. The van der Waals surface area contributed by atoms with Crippen LogP contribution in [-0.2, 0) is 37.9 Å². The van der Waals surface area contributed by atoms with E-state index in [1.165, 1.54) is 48.5 Å². The molecule has 2 unspecified atom stereocenters. The van der Waals surface area contributed by atoms with E-state index >= 15 is 0 Å². The smallest absolute Gasteiger partial charge is 0.261 e. The molecule has 2 atom stereocenters. The number of nitrogens with two attached hydrogens (primary N) is 1. The second kappa shape index (κ2) is 25.2. The summed E-state index contributed by atoms with van der Waals surface area (Å²) in [5.74, 6) is -0.632. The maximum atomic E-state index is 12.5. The zero-order valence-corrected chi connectivity index (χ0v) is 43.3. The molecular weight excluding hydrogens is 1110 g/mol. The van der Waals surface area contributed by atoms with Crippen molar-refractivity contribution in [3.63, 3.8) is 0 Å². The SMILES string of the molecule is CC(C)(CCn1cnc(I)c1)NCC(O)c1cccc(NS(=O)(=O)c2ccccc2)c1.CC(C)(N)CCn1cnc(I)c1.CCOC(O)C(=O)c1cccc(NS(=O)(=O)c2ccccc2)c1. The number of anilines is 2. The van der Waals surface area contributed by atoms with Gasteiger partial charge in [-0.15, -0.1) is 0 Å². The Morgan fingerprint density at radius 3 is 1.68 bits per heavy atom. The highest BCUT2D eigenvalue weighted by atomic mass is 127. The third kappa shape index (κ3) is 18.8. The number of imidazole rings is 2. The van der Waals surface area contributed by atoms with Gasteiger partial charge < -0.3 is 35.1 Å². The first-order valence-electron chi connectivity index (χ1n) is 20.8. The van der Waals surface area contributed by atoms with Crippen molar-refractivity contribution >= 4 is 82.4 Å². The molecule has 4 aromatic carbocycles. The van der Waals surface area contributed by atoms with Gasteiger partial charge in [0, 0.05) is 66.7 Å². The number of hydrogen-bond donors (Lipinski definition) is 6. The summed E-state index contributed by atoms with van der Waals surface area (Å²) in [6.07, 6.45) is 7.17. The van der Waals surface area contributed by atoms with Crippen molar-refractivity contribution in [3.05, 3.63) is 153 Å². The van der Waals surface area contributed by atoms with E-state index in [-0.39, 0.29) is 38.7 Å². The minimum absolute atomic E-state index is 0.0876. The van der Waals surface area contributed by atoms with Crippen molar-refractivity contribution in [2.24, 2.45) is 5.73 Å². The van der Waals surface area contributed by atoms with Crippen LogP contribution in [0.2, 0.25) is 0 Å². The summed E-state index contributed by atoms with van der Waals surface area (Å²) in [5, 5.41) is 23.6. The molecule has 0 saturated heterocycles. The van der Waals surface area contributed by atoms with Crippen LogP contribution in [0, 0.1) is 7.40 Å². The molecule has 20 heteroatoms. The van der Waals surface area contributed by atoms with Gasteiger partial charge >= 0.3 is 0 Å². The zero-order valence-electron chi connectivity index (χ0n) is 37.4. The molecular formula is C46H58I2N8O8S2. The lowest BCUT2D eigenvalue weighted by atomic mass is 9.99. The Morgan fingerprint density at radius 2 is 1.21 bits per heavy atom. The number of benzene rings is 4. The minimum atomic E-state index is -3.74. The number of aliphatic hydroxyl groups excluding tert-OH is 2. The van der Waals surface area contributed by atoms with Gasteiger partial charge in [0.15, 0.2) is 0 Å². The number of aromatic nitrogens is 4. The standard InChI is InChI=1S/C22H27IN4O3S.C16H17NO5S.C8H14IN3/c1-22(2,11-12-27-15-21(23)24-16-27)25-14-20(28)17-7-6-8-18(13-17)26-31(29,30)19-9-4-3-5-10-19;1-2-22-16(19)15(18)12-7-6-8-13(11-12)17-23(20,21)14-9-4-3-5-10-14;1-8(2,10)3-4-12-5-7(9)11-6-12/h3-10,13,15-16,20,25-26,28H,11-12,14H2,1-2H3;3-11,16-17,19H,2H2,1H3;5-6H,3-4,10H2,1-2H3. The van der Waals surface area contributed by atoms with Crippen molar-refractivity contribution in [2.75, 3.05) is 22.6 Å². The molecule has 6 rings (SSSR count). The highest BCUT2D eigenvalue weighted by Gasteiger charge is 2.22. The number of β-amino-alcohol motifs (C(OH)–C–C–N with tert-alkyl or cyclic N) is 1. The summed E-state index contributed by atoms with van der Waals surface area (Å²) in [6, 6.07) is 28.8. The predicted molar refractivity (Wildman–Crippen MR) is 274 cm³/mol. The van der Waals surface area contributed by atoms with Crippen LogP contribution in [0.4, 0.5) is 11.4 Å². The molecule has 16 nitrogen and oxygen atoms in total. The van der Waals surface area contributed by atoms with Crippen LogP contribution in [0.25, 0.3) is 0 Å². The molecule has 0 bridgehead atoms. The molecule has 356 valence electrons. The average molecular weight is 1170 g/mol. The molecule has 0 aliphatic carbocycles. The fourth-order valence-electron chi connectivity index (χ4n) is 5.86.